The van der Waals surface area contributed by atoms with E-state index in [2.05, 4.69) is 19.9 Å². The van der Waals surface area contributed by atoms with Crippen LogP contribution in [0.1, 0.15) is 33.6 Å². The summed E-state index contributed by atoms with van der Waals surface area (Å²) >= 11 is 0. The molecule has 1 aliphatic rings. The van der Waals surface area contributed by atoms with Crippen LogP contribution in [-0.2, 0) is 19.0 Å². The van der Waals surface area contributed by atoms with E-state index in [4.69, 9.17) is 14.2 Å². The molecule has 5 nitrogen and oxygen atoms in total. The molecule has 0 radical (unpaired) electrons. The van der Waals surface area contributed by atoms with Gasteiger partial charge in [0.05, 0.1) is 13.2 Å². The summed E-state index contributed by atoms with van der Waals surface area (Å²) in [4.78, 5) is 14.0. The van der Waals surface area contributed by atoms with E-state index in [9.17, 15) is 4.79 Å². The van der Waals surface area contributed by atoms with Crippen LogP contribution in [0.2, 0.25) is 0 Å². The maximum absolute atomic E-state index is 12.2. The van der Waals surface area contributed by atoms with Crippen molar-refractivity contribution < 1.29 is 19.0 Å². The number of hydrogen-bond donors (Lipinski definition) is 0. The van der Waals surface area contributed by atoms with E-state index >= 15 is 0 Å². The molecule has 0 unspecified atom stereocenters. The molecule has 0 saturated carbocycles. The molecule has 148 valence electrons. The Balaban J connectivity index is 2.87. The summed E-state index contributed by atoms with van der Waals surface area (Å²) in [5, 5.41) is 0. The summed E-state index contributed by atoms with van der Waals surface area (Å²) in [6, 6.07) is 0. The van der Waals surface area contributed by atoms with E-state index in [1.807, 2.05) is 45.3 Å². The minimum absolute atomic E-state index is 0.161. The summed E-state index contributed by atoms with van der Waals surface area (Å²) in [7, 11) is 5.34. The molecule has 1 saturated heterocycles. The van der Waals surface area contributed by atoms with Gasteiger partial charge in [0.15, 0.2) is 6.10 Å². The molecular formula is C21H35NO4. The molecule has 26 heavy (non-hydrogen) atoms. The van der Waals surface area contributed by atoms with E-state index in [0.29, 0.717) is 6.61 Å². The molecule has 0 aromatic carbocycles. The number of ether oxygens (including phenoxy) is 3. The minimum atomic E-state index is -0.448. The van der Waals surface area contributed by atoms with Gasteiger partial charge in [0, 0.05) is 13.0 Å². The highest BCUT2D eigenvalue weighted by atomic mass is 16.6. The van der Waals surface area contributed by atoms with Gasteiger partial charge in [-0.05, 0) is 33.0 Å². The predicted molar refractivity (Wildman–Crippen MR) is 105 cm³/mol. The van der Waals surface area contributed by atoms with Crippen molar-refractivity contribution in [1.29, 1.82) is 0 Å². The molecule has 4 atom stereocenters. The van der Waals surface area contributed by atoms with Crippen LogP contribution in [-0.4, -0.2) is 63.5 Å². The molecule has 0 spiro atoms. The monoisotopic (exact) mass is 365 g/mol. The van der Waals surface area contributed by atoms with Crippen molar-refractivity contribution in [3.8, 4) is 0 Å². The number of methoxy groups -OCH3 is 1. The largest absolute Gasteiger partial charge is 0.455 e. The number of unbranched alkanes of at least 4 members (excludes halogenated alkanes) is 1. The molecule has 1 heterocycles. The molecule has 0 N–H and O–H groups in total. The Bertz CT molecular complexity index is 510. The predicted octanol–water partition coefficient (Wildman–Crippen LogP) is 3.37. The lowest BCUT2D eigenvalue weighted by Crippen LogP contribution is -2.53. The highest BCUT2D eigenvalue weighted by Gasteiger charge is 2.42. The van der Waals surface area contributed by atoms with Crippen LogP contribution in [0.3, 0.4) is 0 Å². The highest BCUT2D eigenvalue weighted by Crippen LogP contribution is 2.29. The van der Waals surface area contributed by atoms with E-state index < -0.39 is 6.10 Å². The first kappa shape index (κ1) is 22.6. The second-order valence-electron chi connectivity index (χ2n) is 7.14. The fourth-order valence-corrected chi connectivity index (χ4v) is 2.98. The van der Waals surface area contributed by atoms with Gasteiger partial charge in [-0.1, -0.05) is 50.6 Å². The molecule has 0 bridgehead atoms. The Labute approximate surface area is 158 Å². The molecule has 5 heteroatoms. The van der Waals surface area contributed by atoms with Gasteiger partial charge in [-0.25, -0.2) is 0 Å². The summed E-state index contributed by atoms with van der Waals surface area (Å²) in [5.74, 6) is -0.107. The van der Waals surface area contributed by atoms with Crippen molar-refractivity contribution in [2.24, 2.45) is 5.92 Å². The Kier molecular flexibility index (Phi) is 10.5. The normalized spacial score (nSPS) is 27.6. The number of nitrogens with zero attached hydrogens (tertiary/aromatic N) is 1. The maximum Gasteiger partial charge on any atom is 0.320 e. The average molecular weight is 366 g/mol. The zero-order valence-electron chi connectivity index (χ0n) is 17.1. The standard InChI is InChI=1S/C21H35NO4/c1-7-8-9-10-11-12-13-16(2)20-21(26-18(23)14-22(4)5)19(24-6)17(3)15-25-20/h9-13,17,19-21H,7-8,14-15H2,1-6H3/t17-,19-,20-,21+/m1/s1. The third-order valence-corrected chi connectivity index (χ3v) is 4.33. The molecule has 0 aromatic rings. The van der Waals surface area contributed by atoms with Crippen molar-refractivity contribution >= 4 is 5.97 Å². The van der Waals surface area contributed by atoms with Crippen molar-refractivity contribution in [1.82, 2.24) is 4.90 Å². The number of rotatable bonds is 9. The summed E-state index contributed by atoms with van der Waals surface area (Å²) in [5.41, 5.74) is 1.02. The second kappa shape index (κ2) is 12.0. The van der Waals surface area contributed by atoms with Crippen LogP contribution in [0.5, 0.6) is 0 Å². The molecule has 0 amide bonds. The van der Waals surface area contributed by atoms with Crippen molar-refractivity contribution in [3.05, 3.63) is 36.0 Å². The van der Waals surface area contributed by atoms with Gasteiger partial charge < -0.3 is 14.2 Å². The first-order valence-electron chi connectivity index (χ1n) is 9.39. The quantitative estimate of drug-likeness (QED) is 0.463. The maximum atomic E-state index is 12.2. The van der Waals surface area contributed by atoms with Gasteiger partial charge in [-0.3, -0.25) is 9.69 Å². The first-order chi connectivity index (χ1) is 12.4. The number of carbonyl (C=O) groups excluding carboxylic acids is 1. The van der Waals surface area contributed by atoms with Gasteiger partial charge in [-0.15, -0.1) is 0 Å². The van der Waals surface area contributed by atoms with Gasteiger partial charge in [0.25, 0.3) is 0 Å². The Morgan fingerprint density at radius 1 is 1.23 bits per heavy atom. The third kappa shape index (κ3) is 7.44. The van der Waals surface area contributed by atoms with Crippen LogP contribution >= 0.6 is 0 Å². The van der Waals surface area contributed by atoms with Gasteiger partial charge in [-0.2, -0.15) is 0 Å². The second-order valence-corrected chi connectivity index (χ2v) is 7.14. The number of allylic oxidation sites excluding steroid dienone is 5. The molecule has 1 aliphatic heterocycles. The van der Waals surface area contributed by atoms with E-state index in [0.717, 1.165) is 18.4 Å². The van der Waals surface area contributed by atoms with Gasteiger partial charge in [0.2, 0.25) is 0 Å². The fourth-order valence-electron chi connectivity index (χ4n) is 2.98. The molecule has 0 aliphatic carbocycles. The number of carbonyl (C=O) groups is 1. The SMILES string of the molecule is CCCC=CC=CC=C(C)[C@H]1OC[C@@H](C)[C@@H](OC)[C@@H]1OC(=O)CN(C)C. The fraction of sp³-hybridized carbons (Fsp3) is 0.667. The highest BCUT2D eigenvalue weighted by molar-refractivity contribution is 5.72. The molecular weight excluding hydrogens is 330 g/mol. The minimum Gasteiger partial charge on any atom is -0.455 e. The van der Waals surface area contributed by atoms with Crippen molar-refractivity contribution in [3.63, 3.8) is 0 Å². The number of esters is 1. The van der Waals surface area contributed by atoms with Crippen molar-refractivity contribution in [2.75, 3.05) is 34.4 Å². The lowest BCUT2D eigenvalue weighted by Gasteiger charge is -2.40. The first-order valence-corrected chi connectivity index (χ1v) is 9.39. The third-order valence-electron chi connectivity index (χ3n) is 4.33. The Morgan fingerprint density at radius 3 is 2.58 bits per heavy atom. The average Bonchev–Trinajstić information content (AvgIpc) is 2.57. The van der Waals surface area contributed by atoms with Crippen LogP contribution in [0.25, 0.3) is 0 Å². The van der Waals surface area contributed by atoms with Gasteiger partial charge in [0.1, 0.15) is 12.2 Å². The van der Waals surface area contributed by atoms with E-state index in [1.165, 1.54) is 0 Å². The zero-order valence-corrected chi connectivity index (χ0v) is 17.1. The summed E-state index contributed by atoms with van der Waals surface area (Å²) < 4.78 is 17.4. The van der Waals surface area contributed by atoms with Crippen molar-refractivity contribution in [2.45, 2.75) is 51.9 Å². The molecule has 0 aromatic heterocycles. The van der Waals surface area contributed by atoms with E-state index in [1.54, 1.807) is 12.0 Å². The van der Waals surface area contributed by atoms with Gasteiger partial charge >= 0.3 is 5.97 Å². The number of hydrogen-bond acceptors (Lipinski definition) is 5. The number of likely N-dealkylation sites (N-methyl/N-ethyl adjacent to an activating group) is 1. The van der Waals surface area contributed by atoms with Crippen LogP contribution in [0.15, 0.2) is 36.0 Å². The zero-order chi connectivity index (χ0) is 19.5. The van der Waals surface area contributed by atoms with Crippen LogP contribution < -0.4 is 0 Å². The van der Waals surface area contributed by atoms with Crippen LogP contribution in [0, 0.1) is 5.92 Å². The topological polar surface area (TPSA) is 48.0 Å². The van der Waals surface area contributed by atoms with E-state index in [-0.39, 0.29) is 30.6 Å². The smallest absolute Gasteiger partial charge is 0.320 e. The summed E-state index contributed by atoms with van der Waals surface area (Å²) in [6.45, 7) is 7.02. The lowest BCUT2D eigenvalue weighted by atomic mass is 9.90. The summed E-state index contributed by atoms with van der Waals surface area (Å²) in [6.07, 6.45) is 11.5. The lowest BCUT2D eigenvalue weighted by molar-refractivity contribution is -0.192. The molecule has 1 fully saturated rings. The Morgan fingerprint density at radius 2 is 1.96 bits per heavy atom. The molecule has 1 rings (SSSR count). The Hall–Kier alpha value is -1.43. The van der Waals surface area contributed by atoms with Crippen LogP contribution in [0.4, 0.5) is 0 Å².